The second-order valence-corrected chi connectivity index (χ2v) is 9.93. The summed E-state index contributed by atoms with van der Waals surface area (Å²) in [7, 11) is 0. The van der Waals surface area contributed by atoms with Crippen LogP contribution >= 0.6 is 0 Å². The van der Waals surface area contributed by atoms with E-state index in [1.165, 1.54) is 122 Å². The normalized spacial score (nSPS) is 12.0. The van der Waals surface area contributed by atoms with Crippen molar-refractivity contribution in [3.63, 3.8) is 0 Å². The molecule has 0 saturated carbocycles. The highest BCUT2D eigenvalue weighted by molar-refractivity contribution is 4.60. The minimum Gasteiger partial charge on any atom is -0.381 e. The van der Waals surface area contributed by atoms with Gasteiger partial charge in [-0.05, 0) is 24.7 Å². The Morgan fingerprint density at radius 1 is 0.444 bits per heavy atom. The molecule has 0 atom stereocenters. The lowest BCUT2D eigenvalue weighted by atomic mass is 9.91. The van der Waals surface area contributed by atoms with E-state index in [0.29, 0.717) is 5.41 Å². The molecule has 0 rings (SSSR count). The van der Waals surface area contributed by atoms with Gasteiger partial charge in [-0.3, -0.25) is 0 Å². The van der Waals surface area contributed by atoms with E-state index in [-0.39, 0.29) is 0 Å². The zero-order valence-electron chi connectivity index (χ0n) is 19.8. The Morgan fingerprint density at radius 3 is 1.15 bits per heavy atom. The third-order valence-electron chi connectivity index (χ3n) is 5.61. The molecular weight excluding hydrogens is 328 g/mol. The third-order valence-corrected chi connectivity index (χ3v) is 5.61. The van der Waals surface area contributed by atoms with Crippen molar-refractivity contribution >= 4 is 0 Å². The number of rotatable bonds is 21. The Kier molecular flexibility index (Phi) is 20.7. The van der Waals surface area contributed by atoms with Gasteiger partial charge >= 0.3 is 0 Å². The quantitative estimate of drug-likeness (QED) is 0.180. The van der Waals surface area contributed by atoms with Gasteiger partial charge in [0.25, 0.3) is 0 Å². The van der Waals surface area contributed by atoms with Gasteiger partial charge in [-0.25, -0.2) is 0 Å². The van der Waals surface area contributed by atoms with Crippen molar-refractivity contribution in [3.05, 3.63) is 0 Å². The summed E-state index contributed by atoms with van der Waals surface area (Å²) >= 11 is 0. The summed E-state index contributed by atoms with van der Waals surface area (Å²) in [6, 6.07) is 0. The molecule has 0 aromatic heterocycles. The molecule has 0 spiro atoms. The monoisotopic (exact) mass is 382 g/mol. The predicted molar refractivity (Wildman–Crippen MR) is 124 cm³/mol. The van der Waals surface area contributed by atoms with Crippen LogP contribution in [0.25, 0.3) is 0 Å². The van der Waals surface area contributed by atoms with Crippen molar-refractivity contribution in [2.75, 3.05) is 13.2 Å². The van der Waals surface area contributed by atoms with Gasteiger partial charge in [-0.1, -0.05) is 130 Å². The van der Waals surface area contributed by atoms with Gasteiger partial charge in [0.15, 0.2) is 0 Å². The molecule has 0 unspecified atom stereocenters. The van der Waals surface area contributed by atoms with Crippen molar-refractivity contribution in [1.82, 2.24) is 0 Å². The Labute approximate surface area is 173 Å². The molecular formula is C26H54O. The smallest absolute Gasteiger partial charge is 0.0466 e. The Bertz CT molecular complexity index is 266. The molecule has 0 aliphatic carbocycles. The molecule has 0 aliphatic heterocycles. The Morgan fingerprint density at radius 2 is 0.778 bits per heavy atom. The summed E-state index contributed by atoms with van der Waals surface area (Å²) in [6.45, 7) is 11.2. The van der Waals surface area contributed by atoms with Gasteiger partial charge < -0.3 is 4.74 Å². The largest absolute Gasteiger partial charge is 0.381 e. The van der Waals surface area contributed by atoms with E-state index in [2.05, 4.69) is 27.7 Å². The first-order valence-electron chi connectivity index (χ1n) is 12.6. The van der Waals surface area contributed by atoms with Crippen molar-refractivity contribution in [3.8, 4) is 0 Å². The predicted octanol–water partition coefficient (Wildman–Crippen LogP) is 9.48. The summed E-state index contributed by atoms with van der Waals surface area (Å²) in [5, 5.41) is 0. The fourth-order valence-electron chi connectivity index (χ4n) is 3.74. The standard InChI is InChI=1S/C26H54O/c1-5-6-7-8-9-10-11-12-13-14-15-16-17-18-19-20-21-24-27-25-22-23-26(2,3)4/h5-25H2,1-4H3. The summed E-state index contributed by atoms with van der Waals surface area (Å²) in [4.78, 5) is 0. The van der Waals surface area contributed by atoms with Crippen LogP contribution in [0.3, 0.4) is 0 Å². The zero-order valence-corrected chi connectivity index (χ0v) is 19.8. The van der Waals surface area contributed by atoms with Crippen LogP contribution in [0, 0.1) is 5.41 Å². The summed E-state index contributed by atoms with van der Waals surface area (Å²) < 4.78 is 5.75. The number of unbranched alkanes of at least 4 members (excludes halogenated alkanes) is 16. The topological polar surface area (TPSA) is 9.23 Å². The molecule has 27 heavy (non-hydrogen) atoms. The molecule has 0 aliphatic rings. The molecule has 0 radical (unpaired) electrons. The Balaban J connectivity index is 3.01. The van der Waals surface area contributed by atoms with E-state index in [0.717, 1.165) is 13.2 Å². The minimum absolute atomic E-state index is 0.456. The highest BCUT2D eigenvalue weighted by Gasteiger charge is 2.08. The van der Waals surface area contributed by atoms with Gasteiger partial charge in [0, 0.05) is 13.2 Å². The van der Waals surface area contributed by atoms with Crippen LogP contribution in [0.5, 0.6) is 0 Å². The van der Waals surface area contributed by atoms with Crippen LogP contribution in [-0.2, 0) is 4.74 Å². The lowest BCUT2D eigenvalue weighted by Crippen LogP contribution is -2.07. The molecule has 0 fully saturated rings. The average Bonchev–Trinajstić information content (AvgIpc) is 2.62. The number of hydrogen-bond acceptors (Lipinski definition) is 1. The maximum atomic E-state index is 5.75. The van der Waals surface area contributed by atoms with Crippen LogP contribution in [0.4, 0.5) is 0 Å². The van der Waals surface area contributed by atoms with Crippen molar-refractivity contribution in [2.24, 2.45) is 5.41 Å². The maximum absolute atomic E-state index is 5.75. The van der Waals surface area contributed by atoms with E-state index in [4.69, 9.17) is 4.74 Å². The second kappa shape index (κ2) is 20.7. The Hall–Kier alpha value is -0.0400. The highest BCUT2D eigenvalue weighted by atomic mass is 16.5. The number of hydrogen-bond donors (Lipinski definition) is 0. The summed E-state index contributed by atoms with van der Waals surface area (Å²) in [6.07, 6.45) is 26.9. The molecule has 0 bridgehead atoms. The van der Waals surface area contributed by atoms with E-state index in [1.54, 1.807) is 0 Å². The van der Waals surface area contributed by atoms with Crippen LogP contribution in [0.2, 0.25) is 0 Å². The van der Waals surface area contributed by atoms with Crippen LogP contribution in [0.1, 0.15) is 150 Å². The molecule has 0 aromatic rings. The number of ether oxygens (including phenoxy) is 1. The van der Waals surface area contributed by atoms with Gasteiger partial charge in [-0.2, -0.15) is 0 Å². The van der Waals surface area contributed by atoms with E-state index in [1.807, 2.05) is 0 Å². The molecule has 164 valence electrons. The summed E-state index contributed by atoms with van der Waals surface area (Å²) in [5.41, 5.74) is 0.456. The van der Waals surface area contributed by atoms with Crippen LogP contribution in [-0.4, -0.2) is 13.2 Å². The SMILES string of the molecule is CCCCCCCCCCCCCCCCCCCOCCCC(C)(C)C. The van der Waals surface area contributed by atoms with Gasteiger partial charge in [0.2, 0.25) is 0 Å². The highest BCUT2D eigenvalue weighted by Crippen LogP contribution is 2.20. The van der Waals surface area contributed by atoms with Gasteiger partial charge in [-0.15, -0.1) is 0 Å². The zero-order chi connectivity index (χ0) is 20.1. The molecule has 1 nitrogen and oxygen atoms in total. The third kappa shape index (κ3) is 26.0. The van der Waals surface area contributed by atoms with Gasteiger partial charge in [0.05, 0.1) is 0 Å². The molecule has 0 N–H and O–H groups in total. The van der Waals surface area contributed by atoms with E-state index in [9.17, 15) is 0 Å². The van der Waals surface area contributed by atoms with Crippen molar-refractivity contribution < 1.29 is 4.74 Å². The van der Waals surface area contributed by atoms with Crippen molar-refractivity contribution in [1.29, 1.82) is 0 Å². The van der Waals surface area contributed by atoms with E-state index >= 15 is 0 Å². The first kappa shape index (κ1) is 27.0. The lowest BCUT2D eigenvalue weighted by molar-refractivity contribution is 0.118. The first-order chi connectivity index (χ1) is 13.1. The molecule has 0 aromatic carbocycles. The van der Waals surface area contributed by atoms with Crippen molar-refractivity contribution in [2.45, 2.75) is 150 Å². The fourth-order valence-corrected chi connectivity index (χ4v) is 3.74. The fraction of sp³-hybridized carbons (Fsp3) is 1.00. The summed E-state index contributed by atoms with van der Waals surface area (Å²) in [5.74, 6) is 0. The van der Waals surface area contributed by atoms with Gasteiger partial charge in [0.1, 0.15) is 0 Å². The van der Waals surface area contributed by atoms with Crippen LogP contribution < -0.4 is 0 Å². The lowest BCUT2D eigenvalue weighted by Gasteiger charge is -2.17. The molecule has 1 heteroatoms. The molecule has 0 saturated heterocycles. The first-order valence-corrected chi connectivity index (χ1v) is 12.6. The van der Waals surface area contributed by atoms with E-state index < -0.39 is 0 Å². The van der Waals surface area contributed by atoms with Crippen LogP contribution in [0.15, 0.2) is 0 Å². The minimum atomic E-state index is 0.456. The average molecular weight is 383 g/mol. The maximum Gasteiger partial charge on any atom is 0.0466 e. The molecule has 0 amide bonds. The second-order valence-electron chi connectivity index (χ2n) is 9.93. The molecule has 0 heterocycles.